The first-order valence-corrected chi connectivity index (χ1v) is 7.05. The number of benzene rings is 2. The highest BCUT2D eigenvalue weighted by Gasteiger charge is 2.14. The standard InChI is InChI=1S/C15H9Cl2N3O2/c16-11-6-5-8(7-12(11)17)18-15(22)13-9-3-1-2-4-10(9)14(21)20-19-13/h1-7H,(H,18,22)(H,20,21). The number of carbonyl (C=O) groups excluding carboxylic acids is 1. The predicted octanol–water partition coefficient (Wildman–Crippen LogP) is 3.48. The Morgan fingerprint density at radius 3 is 2.50 bits per heavy atom. The van der Waals surface area contributed by atoms with Crippen LogP contribution in [0.3, 0.4) is 0 Å². The van der Waals surface area contributed by atoms with Crippen LogP contribution in [0.1, 0.15) is 10.5 Å². The van der Waals surface area contributed by atoms with Gasteiger partial charge in [-0.25, -0.2) is 5.10 Å². The molecule has 2 N–H and O–H groups in total. The molecule has 0 fully saturated rings. The summed E-state index contributed by atoms with van der Waals surface area (Å²) in [6, 6.07) is 11.5. The zero-order chi connectivity index (χ0) is 15.7. The number of fused-ring (bicyclic) bond motifs is 1. The average Bonchev–Trinajstić information content (AvgIpc) is 2.51. The second-order valence-electron chi connectivity index (χ2n) is 4.53. The van der Waals surface area contributed by atoms with Crippen LogP contribution in [-0.4, -0.2) is 16.1 Å². The van der Waals surface area contributed by atoms with E-state index < -0.39 is 5.91 Å². The van der Waals surface area contributed by atoms with Gasteiger partial charge in [-0.3, -0.25) is 9.59 Å². The van der Waals surface area contributed by atoms with Gasteiger partial charge in [0, 0.05) is 11.1 Å². The van der Waals surface area contributed by atoms with Crippen molar-refractivity contribution in [3.05, 3.63) is 68.6 Å². The van der Waals surface area contributed by atoms with Gasteiger partial charge in [0.15, 0.2) is 5.69 Å². The van der Waals surface area contributed by atoms with E-state index in [1.807, 2.05) is 0 Å². The molecule has 0 aliphatic carbocycles. The lowest BCUT2D eigenvalue weighted by molar-refractivity contribution is 0.102. The Kier molecular flexibility index (Phi) is 3.83. The molecule has 110 valence electrons. The first-order valence-electron chi connectivity index (χ1n) is 6.30. The van der Waals surface area contributed by atoms with Crippen molar-refractivity contribution in [1.29, 1.82) is 0 Å². The monoisotopic (exact) mass is 333 g/mol. The van der Waals surface area contributed by atoms with E-state index in [-0.39, 0.29) is 11.3 Å². The number of halogens is 2. The molecule has 0 aliphatic heterocycles. The second kappa shape index (κ2) is 5.79. The molecule has 0 spiro atoms. The van der Waals surface area contributed by atoms with Gasteiger partial charge in [-0.05, 0) is 24.3 Å². The number of carbonyl (C=O) groups is 1. The van der Waals surface area contributed by atoms with E-state index in [9.17, 15) is 9.59 Å². The van der Waals surface area contributed by atoms with Crippen LogP contribution in [-0.2, 0) is 0 Å². The molecule has 1 aromatic heterocycles. The Morgan fingerprint density at radius 1 is 1.05 bits per heavy atom. The minimum absolute atomic E-state index is 0.126. The summed E-state index contributed by atoms with van der Waals surface area (Å²) in [5, 5.41) is 10.4. The first-order chi connectivity index (χ1) is 10.6. The molecule has 3 rings (SSSR count). The SMILES string of the molecule is O=C(Nc1ccc(Cl)c(Cl)c1)c1n[nH]c(=O)c2ccccc12. The highest BCUT2D eigenvalue weighted by atomic mass is 35.5. The fourth-order valence-corrected chi connectivity index (χ4v) is 2.35. The van der Waals surface area contributed by atoms with Crippen LogP contribution in [0.25, 0.3) is 10.8 Å². The molecular weight excluding hydrogens is 325 g/mol. The molecule has 0 aliphatic rings. The van der Waals surface area contributed by atoms with Gasteiger partial charge in [-0.15, -0.1) is 0 Å². The van der Waals surface area contributed by atoms with Gasteiger partial charge in [-0.1, -0.05) is 41.4 Å². The number of rotatable bonds is 2. The van der Waals surface area contributed by atoms with Crippen molar-refractivity contribution in [3.8, 4) is 0 Å². The molecule has 22 heavy (non-hydrogen) atoms. The lowest BCUT2D eigenvalue weighted by Gasteiger charge is -2.07. The molecule has 0 atom stereocenters. The van der Waals surface area contributed by atoms with E-state index in [4.69, 9.17) is 23.2 Å². The van der Waals surface area contributed by atoms with Gasteiger partial charge in [-0.2, -0.15) is 5.10 Å². The minimum Gasteiger partial charge on any atom is -0.321 e. The Balaban J connectivity index is 2.01. The molecule has 0 saturated carbocycles. The third kappa shape index (κ3) is 2.68. The maximum absolute atomic E-state index is 12.4. The summed E-state index contributed by atoms with van der Waals surface area (Å²) in [6.07, 6.45) is 0. The number of anilines is 1. The molecule has 1 amide bonds. The van der Waals surface area contributed by atoms with Crippen molar-refractivity contribution in [2.45, 2.75) is 0 Å². The second-order valence-corrected chi connectivity index (χ2v) is 5.34. The van der Waals surface area contributed by atoms with Gasteiger partial charge < -0.3 is 5.32 Å². The van der Waals surface area contributed by atoms with Crippen molar-refractivity contribution in [3.63, 3.8) is 0 Å². The number of H-pyrrole nitrogens is 1. The summed E-state index contributed by atoms with van der Waals surface area (Å²) in [6.45, 7) is 0. The van der Waals surface area contributed by atoms with Crippen LogP contribution in [0.4, 0.5) is 5.69 Å². The number of aromatic amines is 1. The zero-order valence-electron chi connectivity index (χ0n) is 11.1. The van der Waals surface area contributed by atoms with E-state index >= 15 is 0 Å². The van der Waals surface area contributed by atoms with Crippen LogP contribution in [0, 0.1) is 0 Å². The summed E-state index contributed by atoms with van der Waals surface area (Å²) in [5.74, 6) is -0.453. The summed E-state index contributed by atoms with van der Waals surface area (Å²) < 4.78 is 0. The quantitative estimate of drug-likeness (QED) is 0.753. The smallest absolute Gasteiger partial charge is 0.276 e. The summed E-state index contributed by atoms with van der Waals surface area (Å²) >= 11 is 11.7. The van der Waals surface area contributed by atoms with E-state index in [1.54, 1.807) is 36.4 Å². The predicted molar refractivity (Wildman–Crippen MR) is 86.8 cm³/mol. The van der Waals surface area contributed by atoms with Crippen LogP contribution in [0.15, 0.2) is 47.3 Å². The van der Waals surface area contributed by atoms with Crippen molar-refractivity contribution in [2.75, 3.05) is 5.32 Å². The van der Waals surface area contributed by atoms with Gasteiger partial charge in [0.25, 0.3) is 11.5 Å². The Hall–Kier alpha value is -2.37. The van der Waals surface area contributed by atoms with Crippen molar-refractivity contribution in [1.82, 2.24) is 10.2 Å². The molecule has 0 unspecified atom stereocenters. The number of hydrogen-bond acceptors (Lipinski definition) is 3. The number of hydrogen-bond donors (Lipinski definition) is 2. The van der Waals surface area contributed by atoms with E-state index in [0.29, 0.717) is 26.5 Å². The molecule has 2 aromatic carbocycles. The normalized spacial score (nSPS) is 10.6. The fraction of sp³-hybridized carbons (Fsp3) is 0. The van der Waals surface area contributed by atoms with Gasteiger partial charge >= 0.3 is 0 Å². The van der Waals surface area contributed by atoms with Crippen LogP contribution in [0.5, 0.6) is 0 Å². The third-order valence-corrected chi connectivity index (χ3v) is 3.83. The minimum atomic E-state index is -0.453. The highest BCUT2D eigenvalue weighted by Crippen LogP contribution is 2.25. The molecule has 5 nitrogen and oxygen atoms in total. The molecule has 0 saturated heterocycles. The lowest BCUT2D eigenvalue weighted by atomic mass is 10.1. The zero-order valence-corrected chi connectivity index (χ0v) is 12.6. The summed E-state index contributed by atoms with van der Waals surface area (Å²) in [7, 11) is 0. The van der Waals surface area contributed by atoms with E-state index in [2.05, 4.69) is 15.5 Å². The van der Waals surface area contributed by atoms with Crippen LogP contribution in [0.2, 0.25) is 10.0 Å². The Morgan fingerprint density at radius 2 is 1.77 bits per heavy atom. The Labute approximate surface area is 134 Å². The van der Waals surface area contributed by atoms with E-state index in [0.717, 1.165) is 0 Å². The molecule has 3 aromatic rings. The molecular formula is C15H9Cl2N3O2. The van der Waals surface area contributed by atoms with Crippen molar-refractivity contribution in [2.24, 2.45) is 0 Å². The topological polar surface area (TPSA) is 74.8 Å². The summed E-state index contributed by atoms with van der Waals surface area (Å²) in [5.41, 5.74) is 0.263. The molecule has 1 heterocycles. The van der Waals surface area contributed by atoms with Gasteiger partial charge in [0.05, 0.1) is 15.4 Å². The van der Waals surface area contributed by atoms with Crippen molar-refractivity contribution >= 4 is 45.6 Å². The van der Waals surface area contributed by atoms with Gasteiger partial charge in [0.2, 0.25) is 0 Å². The number of nitrogens with one attached hydrogen (secondary N) is 2. The number of aromatic nitrogens is 2. The average molecular weight is 334 g/mol. The Bertz CT molecular complexity index is 937. The largest absolute Gasteiger partial charge is 0.321 e. The first kappa shape index (κ1) is 14.6. The molecule has 0 radical (unpaired) electrons. The van der Waals surface area contributed by atoms with Crippen LogP contribution < -0.4 is 10.9 Å². The van der Waals surface area contributed by atoms with Crippen LogP contribution >= 0.6 is 23.2 Å². The molecule has 0 bridgehead atoms. The fourth-order valence-electron chi connectivity index (χ4n) is 2.05. The number of nitrogens with zero attached hydrogens (tertiary/aromatic N) is 1. The lowest BCUT2D eigenvalue weighted by Crippen LogP contribution is -2.19. The summed E-state index contributed by atoms with van der Waals surface area (Å²) in [4.78, 5) is 24.1. The van der Waals surface area contributed by atoms with Crippen molar-refractivity contribution < 1.29 is 4.79 Å². The van der Waals surface area contributed by atoms with E-state index in [1.165, 1.54) is 6.07 Å². The molecule has 7 heteroatoms. The van der Waals surface area contributed by atoms with Gasteiger partial charge in [0.1, 0.15) is 0 Å². The third-order valence-electron chi connectivity index (χ3n) is 3.09. The highest BCUT2D eigenvalue weighted by molar-refractivity contribution is 6.42. The maximum atomic E-state index is 12.4. The maximum Gasteiger partial charge on any atom is 0.276 e. The number of amides is 1.